The molecule has 0 fully saturated rings. The molecular weight excluding hydrogens is 404 g/mol. The number of H-pyrrole nitrogens is 1. The average molecular weight is 420 g/mol. The first-order valence-corrected chi connectivity index (χ1v) is 10.1. The van der Waals surface area contributed by atoms with E-state index < -0.39 is 11.3 Å². The molecule has 0 saturated carbocycles. The van der Waals surface area contributed by atoms with Crippen molar-refractivity contribution in [3.63, 3.8) is 0 Å². The number of hydrogen-bond acceptors (Lipinski definition) is 5. The van der Waals surface area contributed by atoms with Crippen molar-refractivity contribution in [2.45, 2.75) is 0 Å². The zero-order chi connectivity index (χ0) is 21.7. The third-order valence-corrected chi connectivity index (χ3v) is 5.53. The summed E-state index contributed by atoms with van der Waals surface area (Å²) >= 11 is 0. The van der Waals surface area contributed by atoms with Crippen LogP contribution in [-0.4, -0.2) is 4.98 Å². The summed E-state index contributed by atoms with van der Waals surface area (Å²) in [4.78, 5) is 28.7. The van der Waals surface area contributed by atoms with E-state index in [1.807, 2.05) is 66.7 Å². The number of anilines is 2. The minimum Gasteiger partial charge on any atom is -0.421 e. The number of hydrogen-bond donors (Lipinski definition) is 2. The summed E-state index contributed by atoms with van der Waals surface area (Å²) in [6, 6.07) is 26.0. The van der Waals surface area contributed by atoms with Crippen molar-refractivity contribution >= 4 is 44.2 Å². The first kappa shape index (κ1) is 18.2. The fourth-order valence-corrected chi connectivity index (χ4v) is 4.07. The number of nitrogens with one attached hydrogen (secondary N) is 2. The molecule has 0 radical (unpaired) electrons. The van der Waals surface area contributed by atoms with Crippen molar-refractivity contribution in [2.24, 2.45) is 0 Å². The van der Waals surface area contributed by atoms with Crippen molar-refractivity contribution in [3.05, 3.63) is 106 Å². The molecule has 6 nitrogen and oxygen atoms in total. The van der Waals surface area contributed by atoms with E-state index in [1.54, 1.807) is 18.2 Å². The number of fused-ring (bicyclic) bond motifs is 4. The van der Waals surface area contributed by atoms with Crippen LogP contribution in [0.5, 0.6) is 0 Å². The minimum absolute atomic E-state index is 0.277. The molecule has 0 aliphatic rings. The van der Waals surface area contributed by atoms with Gasteiger partial charge in [-0.1, -0.05) is 66.7 Å². The van der Waals surface area contributed by atoms with Crippen LogP contribution in [0.4, 0.5) is 11.4 Å². The Balaban J connectivity index is 1.69. The topological polar surface area (TPSA) is 88.2 Å². The van der Waals surface area contributed by atoms with Gasteiger partial charge in [-0.05, 0) is 18.2 Å². The average Bonchev–Trinajstić information content (AvgIpc) is 3.20. The zero-order valence-electron chi connectivity index (χ0n) is 16.7. The number of benzene rings is 3. The van der Waals surface area contributed by atoms with Gasteiger partial charge in [0.2, 0.25) is 0 Å². The van der Waals surface area contributed by atoms with E-state index in [1.165, 1.54) is 0 Å². The summed E-state index contributed by atoms with van der Waals surface area (Å²) in [7, 11) is 0. The van der Waals surface area contributed by atoms with Gasteiger partial charge in [-0.2, -0.15) is 0 Å². The van der Waals surface area contributed by atoms with Gasteiger partial charge in [0, 0.05) is 21.7 Å². The van der Waals surface area contributed by atoms with E-state index in [4.69, 9.17) is 8.83 Å². The van der Waals surface area contributed by atoms with Gasteiger partial charge in [-0.3, -0.25) is 0 Å². The Morgan fingerprint density at radius 2 is 1.41 bits per heavy atom. The number of aromatic amines is 1. The normalized spacial score (nSPS) is 11.4. The smallest absolute Gasteiger partial charge is 0.360 e. The zero-order valence-corrected chi connectivity index (χ0v) is 16.7. The molecule has 0 amide bonds. The Labute approximate surface area is 180 Å². The summed E-state index contributed by atoms with van der Waals surface area (Å²) in [5.74, 6) is 0. The van der Waals surface area contributed by atoms with Crippen LogP contribution in [0, 0.1) is 0 Å². The van der Waals surface area contributed by atoms with Crippen LogP contribution in [0.15, 0.2) is 103 Å². The third-order valence-electron chi connectivity index (χ3n) is 5.53. The van der Waals surface area contributed by atoms with Gasteiger partial charge in [0.25, 0.3) is 0 Å². The fourth-order valence-electron chi connectivity index (χ4n) is 4.07. The van der Waals surface area contributed by atoms with Gasteiger partial charge >= 0.3 is 11.3 Å². The molecular formula is C26H16N2O4. The van der Waals surface area contributed by atoms with Crippen LogP contribution in [0.1, 0.15) is 0 Å². The molecule has 3 aromatic carbocycles. The lowest BCUT2D eigenvalue weighted by Crippen LogP contribution is -2.07. The lowest BCUT2D eigenvalue weighted by atomic mass is 10.1. The summed E-state index contributed by atoms with van der Waals surface area (Å²) in [6.45, 7) is 0. The molecule has 154 valence electrons. The molecule has 2 N–H and O–H groups in total. The maximum Gasteiger partial charge on any atom is 0.360 e. The highest BCUT2D eigenvalue weighted by Gasteiger charge is 2.20. The molecule has 0 bridgehead atoms. The van der Waals surface area contributed by atoms with Gasteiger partial charge in [-0.25, -0.2) is 9.59 Å². The first-order valence-electron chi connectivity index (χ1n) is 10.1. The van der Waals surface area contributed by atoms with E-state index >= 15 is 0 Å². The molecule has 3 heterocycles. The molecule has 0 spiro atoms. The molecule has 0 aliphatic carbocycles. The van der Waals surface area contributed by atoms with Crippen LogP contribution < -0.4 is 16.6 Å². The second-order valence-corrected chi connectivity index (χ2v) is 7.49. The van der Waals surface area contributed by atoms with Gasteiger partial charge in [0.05, 0.1) is 11.4 Å². The van der Waals surface area contributed by atoms with E-state index in [2.05, 4.69) is 10.3 Å². The molecule has 0 aliphatic heterocycles. The van der Waals surface area contributed by atoms with Crippen molar-refractivity contribution in [1.29, 1.82) is 0 Å². The lowest BCUT2D eigenvalue weighted by Gasteiger charge is -2.09. The largest absolute Gasteiger partial charge is 0.421 e. The molecule has 0 saturated heterocycles. The quantitative estimate of drug-likeness (QED) is 0.354. The number of aromatic nitrogens is 1. The Kier molecular flexibility index (Phi) is 3.98. The Morgan fingerprint density at radius 1 is 0.719 bits per heavy atom. The predicted molar refractivity (Wildman–Crippen MR) is 126 cm³/mol. The van der Waals surface area contributed by atoms with E-state index in [-0.39, 0.29) is 5.69 Å². The Bertz CT molecular complexity index is 1740. The predicted octanol–water partition coefficient (Wildman–Crippen LogP) is 5.79. The molecule has 3 aromatic heterocycles. The highest BCUT2D eigenvalue weighted by atomic mass is 16.4. The SMILES string of the molecule is O=c1oc2ccccc2cc1Nc1c(-c2ccccc2)[nH]c2c(=O)oc3ccccc3c12. The lowest BCUT2D eigenvalue weighted by molar-refractivity contribution is 0.564. The second kappa shape index (κ2) is 6.99. The highest BCUT2D eigenvalue weighted by molar-refractivity contribution is 6.15. The summed E-state index contributed by atoms with van der Waals surface area (Å²) in [5.41, 5.74) is 2.76. The van der Waals surface area contributed by atoms with Crippen LogP contribution in [0.2, 0.25) is 0 Å². The Morgan fingerprint density at radius 3 is 2.25 bits per heavy atom. The molecule has 32 heavy (non-hydrogen) atoms. The molecule has 6 rings (SSSR count). The minimum atomic E-state index is -0.496. The maximum atomic E-state index is 12.8. The summed E-state index contributed by atoms with van der Waals surface area (Å²) in [6.07, 6.45) is 0. The van der Waals surface area contributed by atoms with Crippen molar-refractivity contribution < 1.29 is 8.83 Å². The van der Waals surface area contributed by atoms with Crippen molar-refractivity contribution in [1.82, 2.24) is 4.98 Å². The van der Waals surface area contributed by atoms with E-state index in [0.29, 0.717) is 33.5 Å². The van der Waals surface area contributed by atoms with Crippen LogP contribution >= 0.6 is 0 Å². The molecule has 6 aromatic rings. The molecule has 0 unspecified atom stereocenters. The third kappa shape index (κ3) is 2.81. The summed E-state index contributed by atoms with van der Waals surface area (Å²) in [5, 5.41) is 5.46. The number of rotatable bonds is 3. The maximum absolute atomic E-state index is 12.8. The summed E-state index contributed by atoms with van der Waals surface area (Å²) < 4.78 is 11.0. The standard InChI is InChI=1S/C26H16N2O4/c29-25-18(14-16-10-4-6-12-19(16)31-25)27-23-21-17-11-5-7-13-20(17)32-26(30)24(21)28-22(23)15-8-2-1-3-9-15/h1-14,27-28H. The van der Waals surface area contributed by atoms with Gasteiger partial charge < -0.3 is 19.1 Å². The van der Waals surface area contributed by atoms with Crippen molar-refractivity contribution in [2.75, 3.05) is 5.32 Å². The van der Waals surface area contributed by atoms with Gasteiger partial charge in [0.15, 0.2) is 0 Å². The highest BCUT2D eigenvalue weighted by Crippen LogP contribution is 2.39. The van der Waals surface area contributed by atoms with E-state index in [9.17, 15) is 9.59 Å². The Hall–Kier alpha value is -4.58. The number of para-hydroxylation sites is 2. The molecule has 0 atom stereocenters. The van der Waals surface area contributed by atoms with Crippen molar-refractivity contribution in [3.8, 4) is 11.3 Å². The monoisotopic (exact) mass is 420 g/mol. The van der Waals surface area contributed by atoms with E-state index in [0.717, 1.165) is 16.3 Å². The fraction of sp³-hybridized carbons (Fsp3) is 0. The second-order valence-electron chi connectivity index (χ2n) is 7.49. The van der Waals surface area contributed by atoms with Crippen LogP contribution in [0.3, 0.4) is 0 Å². The molecule has 6 heteroatoms. The first-order chi connectivity index (χ1) is 15.7. The van der Waals surface area contributed by atoms with Gasteiger partial charge in [0.1, 0.15) is 22.4 Å². The van der Waals surface area contributed by atoms with Gasteiger partial charge in [-0.15, -0.1) is 0 Å². The van der Waals surface area contributed by atoms with Crippen LogP contribution in [0.25, 0.3) is 44.1 Å². The van der Waals surface area contributed by atoms with Crippen LogP contribution in [-0.2, 0) is 0 Å².